The summed E-state index contributed by atoms with van der Waals surface area (Å²) < 4.78 is 16.2. The van der Waals surface area contributed by atoms with Gasteiger partial charge in [0, 0.05) is 12.1 Å². The van der Waals surface area contributed by atoms with Crippen LogP contribution >= 0.6 is 0 Å². The van der Waals surface area contributed by atoms with Crippen molar-refractivity contribution in [2.24, 2.45) is 0 Å². The molecule has 4 aromatic rings. The van der Waals surface area contributed by atoms with Crippen molar-refractivity contribution in [2.45, 2.75) is 47.1 Å². The minimum absolute atomic E-state index is 0.0421. The van der Waals surface area contributed by atoms with Crippen molar-refractivity contribution in [3.8, 4) is 62.9 Å². The van der Waals surface area contributed by atoms with Crippen LogP contribution < -0.4 is 9.47 Å². The first-order chi connectivity index (χ1) is 21.7. The molecule has 3 aromatic carbocycles. The maximum absolute atomic E-state index is 12.0. The zero-order chi connectivity index (χ0) is 32.5. The number of aryl methyl sites for hydroxylation is 1. The monoisotopic (exact) mass is 617 g/mol. The van der Waals surface area contributed by atoms with E-state index in [0.717, 1.165) is 5.56 Å². The molecule has 1 aromatic heterocycles. The van der Waals surface area contributed by atoms with Gasteiger partial charge in [0.25, 0.3) is 0 Å². The molecule has 0 radical (unpaired) electrons. The quantitative estimate of drug-likeness (QED) is 0.0686. The molecular formula is C33H35N3O9. The van der Waals surface area contributed by atoms with Crippen LogP contribution in [0.25, 0.3) is 34.2 Å². The minimum Gasteiger partial charge on any atom is -0.507 e. The molecule has 0 aliphatic rings. The summed E-state index contributed by atoms with van der Waals surface area (Å²) in [6.45, 7) is 9.19. The number of phenols is 3. The maximum atomic E-state index is 12.0. The third kappa shape index (κ3) is 7.98. The fourth-order valence-corrected chi connectivity index (χ4v) is 4.13. The molecule has 0 amide bonds. The second-order valence-corrected chi connectivity index (χ2v) is 9.58. The van der Waals surface area contributed by atoms with E-state index in [1.54, 1.807) is 57.2 Å². The van der Waals surface area contributed by atoms with Gasteiger partial charge in [-0.15, -0.1) is 0 Å². The molecule has 236 valence electrons. The van der Waals surface area contributed by atoms with Crippen molar-refractivity contribution in [3.63, 3.8) is 0 Å². The smallest absolute Gasteiger partial charge is 0.347 e. The first-order valence-corrected chi connectivity index (χ1v) is 14.4. The van der Waals surface area contributed by atoms with Gasteiger partial charge in [0.05, 0.1) is 29.9 Å². The normalized spacial score (nSPS) is 12.0. The molecule has 12 nitrogen and oxygen atoms in total. The van der Waals surface area contributed by atoms with Crippen LogP contribution in [0.5, 0.6) is 28.7 Å². The number of phenolic OH excluding ortho intramolecular Hbond substituents is 3. The number of hydrogen-bond acceptors (Lipinski definition) is 12. The summed E-state index contributed by atoms with van der Waals surface area (Å²) in [6, 6.07) is 14.1. The van der Waals surface area contributed by atoms with E-state index in [9.17, 15) is 20.1 Å². The third-order valence-electron chi connectivity index (χ3n) is 6.41. The van der Waals surface area contributed by atoms with Crippen LogP contribution in [0.1, 0.15) is 40.2 Å². The van der Waals surface area contributed by atoms with Crippen molar-refractivity contribution in [1.29, 1.82) is 0 Å². The average Bonchev–Trinajstić information content (AvgIpc) is 3.02. The Morgan fingerprint density at radius 2 is 1.31 bits per heavy atom. The summed E-state index contributed by atoms with van der Waals surface area (Å²) in [5.41, 5.74) is 1.68. The molecule has 1 atom stereocenters. The topological polar surface area (TPSA) is 163 Å². The Morgan fingerprint density at radius 1 is 0.778 bits per heavy atom. The van der Waals surface area contributed by atoms with Gasteiger partial charge in [-0.1, -0.05) is 13.0 Å². The number of esters is 1. The van der Waals surface area contributed by atoms with Gasteiger partial charge >= 0.3 is 11.9 Å². The van der Waals surface area contributed by atoms with Crippen molar-refractivity contribution in [1.82, 2.24) is 15.0 Å². The number of carbonyl (C=O) groups is 1. The van der Waals surface area contributed by atoms with Gasteiger partial charge in [-0.25, -0.2) is 19.7 Å². The van der Waals surface area contributed by atoms with Crippen LogP contribution in [-0.2, 0) is 25.7 Å². The average molecular weight is 618 g/mol. The number of benzene rings is 3. The fraction of sp³-hybridized carbons (Fsp3) is 0.273. The van der Waals surface area contributed by atoms with Gasteiger partial charge in [-0.2, -0.15) is 4.89 Å². The van der Waals surface area contributed by atoms with Gasteiger partial charge in [0.2, 0.25) is 0 Å². The number of carbonyl (C=O) groups excluding carboxylic acids is 1. The third-order valence-corrected chi connectivity index (χ3v) is 6.41. The molecule has 1 unspecified atom stereocenters. The summed E-state index contributed by atoms with van der Waals surface area (Å²) in [7, 11) is 0. The van der Waals surface area contributed by atoms with Crippen molar-refractivity contribution < 1.29 is 44.1 Å². The van der Waals surface area contributed by atoms with Gasteiger partial charge in [0.15, 0.2) is 23.6 Å². The molecule has 1 heterocycles. The zero-order valence-corrected chi connectivity index (χ0v) is 25.6. The molecule has 0 spiro atoms. The van der Waals surface area contributed by atoms with Crippen LogP contribution in [0, 0.1) is 0 Å². The highest BCUT2D eigenvalue weighted by atomic mass is 17.2. The van der Waals surface area contributed by atoms with Gasteiger partial charge < -0.3 is 29.5 Å². The van der Waals surface area contributed by atoms with E-state index in [2.05, 4.69) is 15.0 Å². The second-order valence-electron chi connectivity index (χ2n) is 9.58. The largest absolute Gasteiger partial charge is 0.507 e. The molecule has 0 saturated heterocycles. The Hall–Kier alpha value is -5.36. The molecule has 0 aliphatic heterocycles. The number of nitrogens with zero attached hydrogens (tertiary/aromatic N) is 3. The van der Waals surface area contributed by atoms with E-state index < -0.39 is 12.1 Å². The second kappa shape index (κ2) is 14.9. The van der Waals surface area contributed by atoms with Crippen LogP contribution in [0.3, 0.4) is 0 Å². The molecule has 45 heavy (non-hydrogen) atoms. The van der Waals surface area contributed by atoms with Crippen molar-refractivity contribution >= 4 is 5.97 Å². The molecule has 4 rings (SSSR count). The maximum Gasteiger partial charge on any atom is 0.347 e. The molecular weight excluding hydrogens is 582 g/mol. The Morgan fingerprint density at radius 3 is 1.80 bits per heavy atom. The van der Waals surface area contributed by atoms with Crippen LogP contribution in [0.4, 0.5) is 0 Å². The first-order valence-electron chi connectivity index (χ1n) is 14.4. The highest BCUT2D eigenvalue weighted by Crippen LogP contribution is 2.37. The van der Waals surface area contributed by atoms with Gasteiger partial charge in [-0.3, -0.25) is 4.89 Å². The summed E-state index contributed by atoms with van der Waals surface area (Å²) in [5, 5.41) is 32.8. The zero-order valence-electron chi connectivity index (χ0n) is 25.6. The van der Waals surface area contributed by atoms with Crippen LogP contribution in [0.15, 0.2) is 66.6 Å². The molecule has 0 bridgehead atoms. The predicted octanol–water partition coefficient (Wildman–Crippen LogP) is 6.09. The summed E-state index contributed by atoms with van der Waals surface area (Å²) in [5.74, 6) is -0.250. The summed E-state index contributed by atoms with van der Waals surface area (Å²) >= 11 is 0. The van der Waals surface area contributed by atoms with E-state index in [1.807, 2.05) is 13.0 Å². The van der Waals surface area contributed by atoms with E-state index >= 15 is 0 Å². The van der Waals surface area contributed by atoms with Gasteiger partial charge in [-0.05, 0) is 82.2 Å². The fourth-order valence-electron chi connectivity index (χ4n) is 4.13. The number of allylic oxidation sites excluding steroid dienone is 1. The summed E-state index contributed by atoms with van der Waals surface area (Å²) in [6.07, 6.45) is 1.37. The number of ether oxygens (including phenoxy) is 3. The van der Waals surface area contributed by atoms with Gasteiger partial charge in [0.1, 0.15) is 28.7 Å². The number of rotatable bonds is 13. The lowest BCUT2D eigenvalue weighted by molar-refractivity contribution is -0.279. The van der Waals surface area contributed by atoms with E-state index in [1.165, 1.54) is 25.1 Å². The SMILES string of the molecule is CC=C(OOCC)Oc1ccc(-c2nc(-c3ccc(CC)cc3O)nc(-c3ccc(OC(C)C(=O)OCC)cc3O)n2)c(O)c1. The lowest BCUT2D eigenvalue weighted by Crippen LogP contribution is -2.26. The first kappa shape index (κ1) is 32.6. The van der Waals surface area contributed by atoms with E-state index in [-0.39, 0.29) is 69.9 Å². The molecule has 12 heteroatoms. The number of aromatic nitrogens is 3. The van der Waals surface area contributed by atoms with E-state index in [4.69, 9.17) is 24.0 Å². The standard InChI is InChI=1S/C33H35N3O9/c1-6-20-10-13-23(26(37)16-20)30-34-31(24-14-11-21(17-27(24)38)43-19(5)33(40)41-8-3)36-32(35-30)25-15-12-22(18-28(25)39)44-29(7-2)45-42-9-4/h7,10-19,37-39H,6,8-9H2,1-5H3. The highest BCUT2D eigenvalue weighted by molar-refractivity contribution is 5.76. The molecule has 0 fully saturated rings. The van der Waals surface area contributed by atoms with Crippen LogP contribution in [0.2, 0.25) is 0 Å². The highest BCUT2D eigenvalue weighted by Gasteiger charge is 2.21. The van der Waals surface area contributed by atoms with Crippen molar-refractivity contribution in [2.75, 3.05) is 13.2 Å². The summed E-state index contributed by atoms with van der Waals surface area (Å²) in [4.78, 5) is 35.6. The Kier molecular flexibility index (Phi) is 10.8. The number of hydrogen-bond donors (Lipinski definition) is 3. The van der Waals surface area contributed by atoms with Crippen LogP contribution in [-0.4, -0.2) is 55.6 Å². The number of aromatic hydroxyl groups is 3. The molecule has 0 aliphatic carbocycles. The Bertz CT molecular complexity index is 1690. The minimum atomic E-state index is -0.899. The van der Waals surface area contributed by atoms with E-state index in [0.29, 0.717) is 18.6 Å². The van der Waals surface area contributed by atoms with Crippen molar-refractivity contribution in [3.05, 3.63) is 72.2 Å². The molecule has 3 N–H and O–H groups in total. The molecule has 0 saturated carbocycles. The Balaban J connectivity index is 1.77. The Labute approximate surface area is 260 Å². The predicted molar refractivity (Wildman–Crippen MR) is 164 cm³/mol. The lowest BCUT2D eigenvalue weighted by Gasteiger charge is -2.15. The lowest BCUT2D eigenvalue weighted by atomic mass is 10.1.